The third-order valence-corrected chi connectivity index (χ3v) is 4.05. The first-order valence-corrected chi connectivity index (χ1v) is 6.31. The Morgan fingerprint density at radius 2 is 1.82 bits per heavy atom. The van der Waals surface area contributed by atoms with Crippen LogP contribution >= 0.6 is 0 Å². The van der Waals surface area contributed by atoms with Gasteiger partial charge in [-0.3, -0.25) is 0 Å². The van der Waals surface area contributed by atoms with E-state index in [1.54, 1.807) is 7.11 Å². The second kappa shape index (κ2) is 4.48. The standard InChI is InChI=1S/C12H20O5/c1-13-9-14-8-10-11(17-10)2-4-12(5-3-11)15-6-7-16-12/h10H,2-9H2,1H3. The second-order valence-corrected chi connectivity index (χ2v) is 5.06. The molecule has 1 atom stereocenters. The number of hydrogen-bond donors (Lipinski definition) is 0. The van der Waals surface area contributed by atoms with Gasteiger partial charge in [0.15, 0.2) is 5.79 Å². The van der Waals surface area contributed by atoms with Crippen molar-refractivity contribution in [1.29, 1.82) is 0 Å². The summed E-state index contributed by atoms with van der Waals surface area (Å²) in [4.78, 5) is 0. The van der Waals surface area contributed by atoms with E-state index >= 15 is 0 Å². The molecule has 3 aliphatic rings. The predicted octanol–water partition coefficient (Wildman–Crippen LogP) is 1.06. The van der Waals surface area contributed by atoms with E-state index in [4.69, 9.17) is 23.7 Å². The average Bonchev–Trinajstić information content (AvgIpc) is 2.82. The maximum atomic E-state index is 5.80. The number of rotatable bonds is 4. The molecular weight excluding hydrogens is 224 g/mol. The SMILES string of the molecule is COCOCC1OC12CCC1(CC2)OCCO1. The Kier molecular flexibility index (Phi) is 3.13. The summed E-state index contributed by atoms with van der Waals surface area (Å²) in [6.07, 6.45) is 4.13. The second-order valence-electron chi connectivity index (χ2n) is 5.06. The van der Waals surface area contributed by atoms with Crippen LogP contribution < -0.4 is 0 Å². The molecule has 0 radical (unpaired) electrons. The van der Waals surface area contributed by atoms with Crippen molar-refractivity contribution in [2.45, 2.75) is 43.2 Å². The molecule has 0 bridgehead atoms. The van der Waals surface area contributed by atoms with Gasteiger partial charge in [-0.15, -0.1) is 0 Å². The van der Waals surface area contributed by atoms with Crippen molar-refractivity contribution < 1.29 is 23.7 Å². The van der Waals surface area contributed by atoms with Crippen LogP contribution in [0.3, 0.4) is 0 Å². The highest BCUT2D eigenvalue weighted by Crippen LogP contribution is 2.52. The third kappa shape index (κ3) is 2.22. The zero-order valence-corrected chi connectivity index (χ0v) is 10.3. The molecule has 1 saturated carbocycles. The molecule has 17 heavy (non-hydrogen) atoms. The van der Waals surface area contributed by atoms with Crippen LogP contribution in [0.2, 0.25) is 0 Å². The van der Waals surface area contributed by atoms with Crippen LogP contribution in [-0.4, -0.2) is 51.2 Å². The Bertz CT molecular complexity index is 264. The maximum absolute atomic E-state index is 5.80. The minimum absolute atomic E-state index is 0.0360. The summed E-state index contributed by atoms with van der Waals surface area (Å²) in [6, 6.07) is 0. The summed E-state index contributed by atoms with van der Waals surface area (Å²) < 4.78 is 27.4. The molecule has 2 saturated heterocycles. The minimum Gasteiger partial charge on any atom is -0.364 e. The molecule has 0 amide bonds. The van der Waals surface area contributed by atoms with E-state index in [1.807, 2.05) is 0 Å². The quantitative estimate of drug-likeness (QED) is 0.420. The molecular formula is C12H20O5. The zero-order valence-electron chi connectivity index (χ0n) is 10.3. The van der Waals surface area contributed by atoms with Crippen LogP contribution in [-0.2, 0) is 23.7 Å². The molecule has 1 aliphatic carbocycles. The van der Waals surface area contributed by atoms with Crippen LogP contribution in [0.4, 0.5) is 0 Å². The molecule has 3 rings (SSSR count). The number of hydrogen-bond acceptors (Lipinski definition) is 5. The first-order chi connectivity index (χ1) is 8.29. The lowest BCUT2D eigenvalue weighted by Gasteiger charge is -2.34. The Morgan fingerprint density at radius 3 is 2.47 bits per heavy atom. The summed E-state index contributed by atoms with van der Waals surface area (Å²) in [6.45, 7) is 2.43. The highest BCUT2D eigenvalue weighted by molar-refractivity contribution is 5.07. The maximum Gasteiger partial charge on any atom is 0.168 e. The van der Waals surface area contributed by atoms with Crippen LogP contribution in [0, 0.1) is 0 Å². The van der Waals surface area contributed by atoms with Gasteiger partial charge in [-0.2, -0.15) is 0 Å². The molecule has 5 heteroatoms. The van der Waals surface area contributed by atoms with E-state index < -0.39 is 0 Å². The largest absolute Gasteiger partial charge is 0.364 e. The fourth-order valence-electron chi connectivity index (χ4n) is 2.95. The number of methoxy groups -OCH3 is 1. The van der Waals surface area contributed by atoms with E-state index in [2.05, 4.69) is 0 Å². The van der Waals surface area contributed by atoms with Crippen molar-refractivity contribution in [3.8, 4) is 0 Å². The van der Waals surface area contributed by atoms with Gasteiger partial charge >= 0.3 is 0 Å². The lowest BCUT2D eigenvalue weighted by atomic mass is 9.83. The lowest BCUT2D eigenvalue weighted by molar-refractivity contribution is -0.184. The van der Waals surface area contributed by atoms with Gasteiger partial charge < -0.3 is 23.7 Å². The Hall–Kier alpha value is -0.200. The fourth-order valence-corrected chi connectivity index (χ4v) is 2.95. The van der Waals surface area contributed by atoms with Gasteiger partial charge in [0.2, 0.25) is 0 Å². The Balaban J connectivity index is 1.46. The van der Waals surface area contributed by atoms with Gasteiger partial charge in [-0.05, 0) is 12.8 Å². The predicted molar refractivity (Wildman–Crippen MR) is 58.5 cm³/mol. The van der Waals surface area contributed by atoms with Crippen LogP contribution in [0.25, 0.3) is 0 Å². The highest BCUT2D eigenvalue weighted by atomic mass is 16.7. The first kappa shape index (κ1) is 11.9. The number of ether oxygens (including phenoxy) is 5. The van der Waals surface area contributed by atoms with Gasteiger partial charge in [0.1, 0.15) is 12.9 Å². The van der Waals surface area contributed by atoms with E-state index in [-0.39, 0.29) is 17.5 Å². The molecule has 0 aromatic rings. The molecule has 2 aliphatic heterocycles. The van der Waals surface area contributed by atoms with Crippen molar-refractivity contribution in [1.82, 2.24) is 0 Å². The summed E-state index contributed by atoms with van der Waals surface area (Å²) in [5.74, 6) is -0.296. The minimum atomic E-state index is -0.296. The van der Waals surface area contributed by atoms with Crippen molar-refractivity contribution >= 4 is 0 Å². The van der Waals surface area contributed by atoms with Crippen LogP contribution in [0.5, 0.6) is 0 Å². The van der Waals surface area contributed by atoms with Crippen molar-refractivity contribution in [3.05, 3.63) is 0 Å². The van der Waals surface area contributed by atoms with Gasteiger partial charge in [0.25, 0.3) is 0 Å². The van der Waals surface area contributed by atoms with Gasteiger partial charge in [0.05, 0.1) is 25.4 Å². The van der Waals surface area contributed by atoms with Crippen molar-refractivity contribution in [2.24, 2.45) is 0 Å². The van der Waals surface area contributed by atoms with Gasteiger partial charge in [-0.25, -0.2) is 0 Å². The van der Waals surface area contributed by atoms with Gasteiger partial charge in [-0.1, -0.05) is 0 Å². The zero-order chi connectivity index (χ0) is 11.8. The monoisotopic (exact) mass is 244 g/mol. The average molecular weight is 244 g/mol. The molecule has 2 spiro atoms. The van der Waals surface area contributed by atoms with E-state index in [9.17, 15) is 0 Å². The van der Waals surface area contributed by atoms with E-state index in [0.29, 0.717) is 13.4 Å². The molecule has 5 nitrogen and oxygen atoms in total. The van der Waals surface area contributed by atoms with E-state index in [1.165, 1.54) is 0 Å². The molecule has 0 aromatic heterocycles. The molecule has 0 N–H and O–H groups in total. The summed E-state index contributed by atoms with van der Waals surface area (Å²) in [7, 11) is 1.63. The van der Waals surface area contributed by atoms with Crippen LogP contribution in [0.15, 0.2) is 0 Å². The fraction of sp³-hybridized carbons (Fsp3) is 1.00. The third-order valence-electron chi connectivity index (χ3n) is 4.05. The Morgan fingerprint density at radius 1 is 1.12 bits per heavy atom. The molecule has 1 unspecified atom stereocenters. The Labute approximate surface area is 101 Å². The van der Waals surface area contributed by atoms with Gasteiger partial charge in [0, 0.05) is 20.0 Å². The summed E-state index contributed by atoms with van der Waals surface area (Å²) >= 11 is 0. The summed E-state index contributed by atoms with van der Waals surface area (Å²) in [5.41, 5.74) is 0.0360. The lowest BCUT2D eigenvalue weighted by Crippen LogP contribution is -2.39. The van der Waals surface area contributed by atoms with E-state index in [0.717, 1.165) is 38.9 Å². The molecule has 98 valence electrons. The topological polar surface area (TPSA) is 49.5 Å². The van der Waals surface area contributed by atoms with Crippen molar-refractivity contribution in [2.75, 3.05) is 33.7 Å². The highest BCUT2D eigenvalue weighted by Gasteiger charge is 2.60. The number of epoxide rings is 1. The first-order valence-electron chi connectivity index (χ1n) is 6.31. The summed E-state index contributed by atoms with van der Waals surface area (Å²) in [5, 5.41) is 0. The normalized spacial score (nSPS) is 33.4. The van der Waals surface area contributed by atoms with Crippen LogP contribution in [0.1, 0.15) is 25.7 Å². The smallest absolute Gasteiger partial charge is 0.168 e. The van der Waals surface area contributed by atoms with Crippen molar-refractivity contribution in [3.63, 3.8) is 0 Å². The molecule has 2 heterocycles. The molecule has 3 fully saturated rings. The molecule has 0 aromatic carbocycles.